The molecule has 34 valence electrons. The Labute approximate surface area is 38.9 Å². The van der Waals surface area contributed by atoms with E-state index in [1.807, 2.05) is 0 Å². The van der Waals surface area contributed by atoms with Crippen molar-refractivity contribution in [3.05, 3.63) is 11.6 Å². The molecule has 0 heterocycles. The van der Waals surface area contributed by atoms with Crippen LogP contribution in [0.25, 0.3) is 0 Å². The lowest BCUT2D eigenvalue weighted by Crippen LogP contribution is -1.77. The topological polar surface area (TPSA) is 0 Å². The summed E-state index contributed by atoms with van der Waals surface area (Å²) in [6.45, 7) is 4.47. The van der Waals surface area contributed by atoms with Gasteiger partial charge in [0.2, 0.25) is 0 Å². The van der Waals surface area contributed by atoms with Crippen LogP contribution in [-0.2, 0) is 0 Å². The number of hydrogen-bond donors (Lipinski definition) is 0. The molecule has 0 aliphatic heterocycles. The second kappa shape index (κ2) is 1.11. The van der Waals surface area contributed by atoms with E-state index in [-0.39, 0.29) is 0 Å². The second-order valence-corrected chi connectivity index (χ2v) is 2.14. The monoisotopic (exact) mass is 82.1 g/mol. The number of allylic oxidation sites excluding steroid dienone is 2. The molecule has 0 aromatic heterocycles. The molecule has 0 saturated carbocycles. The number of hydrogen-bond acceptors (Lipinski definition) is 0. The Morgan fingerprint density at radius 2 is 2.17 bits per heavy atom. The largest absolute Gasteiger partial charge is 0.0807 e. The van der Waals surface area contributed by atoms with E-state index in [0.29, 0.717) is 0 Å². The van der Waals surface area contributed by atoms with Crippen LogP contribution in [0.3, 0.4) is 0 Å². The third kappa shape index (κ3) is 0.618. The minimum absolute atomic E-state index is 0.824. The Hall–Kier alpha value is -0.260. The molecule has 1 aliphatic carbocycles. The molecule has 6 heavy (non-hydrogen) atoms. The zero-order chi connectivity index (χ0) is 4.57. The molecule has 0 heteroatoms. The zero-order valence-electron chi connectivity index (χ0n) is 4.36. The fourth-order valence-corrected chi connectivity index (χ4v) is 0.530. The molecule has 0 unspecified atom stereocenters. The van der Waals surface area contributed by atoms with Gasteiger partial charge in [0.15, 0.2) is 0 Å². The highest BCUT2D eigenvalue weighted by Crippen LogP contribution is 2.26. The fraction of sp³-hybridized carbons (Fsp3) is 0.667. The molecule has 0 aromatic rings. The Balaban J connectivity index is 2.31. The second-order valence-electron chi connectivity index (χ2n) is 2.14. The third-order valence-corrected chi connectivity index (χ3v) is 1.18. The third-order valence-electron chi connectivity index (χ3n) is 1.18. The van der Waals surface area contributed by atoms with Gasteiger partial charge in [-0.2, -0.15) is 0 Å². The van der Waals surface area contributed by atoms with Crippen molar-refractivity contribution in [2.24, 2.45) is 5.92 Å². The summed E-state index contributed by atoms with van der Waals surface area (Å²) >= 11 is 0. The van der Waals surface area contributed by atoms with Crippen molar-refractivity contribution in [1.82, 2.24) is 0 Å². The molecule has 0 aromatic carbocycles. The minimum atomic E-state index is 0.824. The average molecular weight is 82.1 g/mol. The molecular weight excluding hydrogens is 72.1 g/mol. The van der Waals surface area contributed by atoms with E-state index in [1.165, 1.54) is 6.42 Å². The lowest BCUT2D eigenvalue weighted by Gasteiger charge is -1.90. The smallest absolute Gasteiger partial charge is 0.0133 e. The summed E-state index contributed by atoms with van der Waals surface area (Å²) in [4.78, 5) is 0. The predicted molar refractivity (Wildman–Crippen MR) is 27.5 cm³/mol. The van der Waals surface area contributed by atoms with Crippen molar-refractivity contribution in [1.29, 1.82) is 0 Å². The van der Waals surface area contributed by atoms with Crippen molar-refractivity contribution < 1.29 is 0 Å². The maximum atomic E-state index is 2.28. The quantitative estimate of drug-likeness (QED) is 0.424. The highest BCUT2D eigenvalue weighted by molar-refractivity contribution is 5.23. The van der Waals surface area contributed by atoms with Crippen molar-refractivity contribution in [2.75, 3.05) is 0 Å². The molecule has 0 nitrogen and oxygen atoms in total. The maximum Gasteiger partial charge on any atom is -0.0133 e. The summed E-state index contributed by atoms with van der Waals surface area (Å²) in [6.07, 6.45) is 3.57. The van der Waals surface area contributed by atoms with Crippen LogP contribution in [0.2, 0.25) is 0 Å². The Kier molecular flexibility index (Phi) is 0.722. The molecule has 0 spiro atoms. The molecule has 0 atom stereocenters. The van der Waals surface area contributed by atoms with Crippen LogP contribution in [0.4, 0.5) is 0 Å². The first-order valence-electron chi connectivity index (χ1n) is 2.49. The summed E-state index contributed by atoms with van der Waals surface area (Å²) in [5.41, 5.74) is 1.63. The predicted octanol–water partition coefficient (Wildman–Crippen LogP) is 1.97. The summed E-state index contributed by atoms with van der Waals surface area (Å²) in [5, 5.41) is 0. The van der Waals surface area contributed by atoms with Crippen molar-refractivity contribution in [3.8, 4) is 0 Å². The summed E-state index contributed by atoms with van der Waals surface area (Å²) in [7, 11) is 0. The Morgan fingerprint density at radius 1 is 1.67 bits per heavy atom. The average Bonchev–Trinajstić information content (AvgIpc) is 2.06. The van der Waals surface area contributed by atoms with Crippen LogP contribution in [0, 0.1) is 5.92 Å². The van der Waals surface area contributed by atoms with Gasteiger partial charge in [-0.1, -0.05) is 25.5 Å². The Morgan fingerprint density at radius 3 is 2.17 bits per heavy atom. The van der Waals surface area contributed by atoms with Gasteiger partial charge in [-0.25, -0.2) is 0 Å². The highest BCUT2D eigenvalue weighted by atomic mass is 14.1. The van der Waals surface area contributed by atoms with Gasteiger partial charge in [0.05, 0.1) is 0 Å². The molecular formula is C6H10. The maximum absolute atomic E-state index is 2.28. The van der Waals surface area contributed by atoms with Crippen molar-refractivity contribution >= 4 is 0 Å². The van der Waals surface area contributed by atoms with Crippen LogP contribution in [0.15, 0.2) is 11.6 Å². The summed E-state index contributed by atoms with van der Waals surface area (Å²) in [5.74, 6) is 0.824. The van der Waals surface area contributed by atoms with E-state index in [2.05, 4.69) is 19.9 Å². The molecule has 0 radical (unpaired) electrons. The van der Waals surface area contributed by atoms with Crippen LogP contribution in [0.1, 0.15) is 20.3 Å². The van der Waals surface area contributed by atoms with Crippen LogP contribution in [0.5, 0.6) is 0 Å². The van der Waals surface area contributed by atoms with Crippen LogP contribution in [-0.4, -0.2) is 0 Å². The lowest BCUT2D eigenvalue weighted by atomic mass is 10.2. The normalized spacial score (nSPS) is 18.2. The highest BCUT2D eigenvalue weighted by Gasteiger charge is 2.09. The summed E-state index contributed by atoms with van der Waals surface area (Å²) < 4.78 is 0. The van der Waals surface area contributed by atoms with Gasteiger partial charge < -0.3 is 0 Å². The first-order chi connectivity index (χ1) is 2.80. The molecule has 1 aliphatic rings. The van der Waals surface area contributed by atoms with E-state index in [9.17, 15) is 0 Å². The van der Waals surface area contributed by atoms with Crippen molar-refractivity contribution in [3.63, 3.8) is 0 Å². The molecule has 1 rings (SSSR count). The molecule has 0 bridgehead atoms. The van der Waals surface area contributed by atoms with E-state index in [1.54, 1.807) is 5.57 Å². The van der Waals surface area contributed by atoms with E-state index in [4.69, 9.17) is 0 Å². The molecule has 0 fully saturated rings. The van der Waals surface area contributed by atoms with E-state index >= 15 is 0 Å². The van der Waals surface area contributed by atoms with Gasteiger partial charge >= 0.3 is 0 Å². The van der Waals surface area contributed by atoms with Crippen LogP contribution < -0.4 is 0 Å². The van der Waals surface area contributed by atoms with Crippen LogP contribution >= 0.6 is 0 Å². The first kappa shape index (κ1) is 3.91. The summed E-state index contributed by atoms with van der Waals surface area (Å²) in [6, 6.07) is 0. The lowest BCUT2D eigenvalue weighted by molar-refractivity contribution is 0.794. The standard InChI is InChI=1S/C6H10/c1-5(2)6-3-4-6/h3,5H,4H2,1-2H3. The van der Waals surface area contributed by atoms with Crippen molar-refractivity contribution in [2.45, 2.75) is 20.3 Å². The van der Waals surface area contributed by atoms with Gasteiger partial charge in [0.1, 0.15) is 0 Å². The van der Waals surface area contributed by atoms with Gasteiger partial charge in [-0.05, 0) is 12.3 Å². The minimum Gasteiger partial charge on any atom is -0.0807 e. The van der Waals surface area contributed by atoms with E-state index < -0.39 is 0 Å². The fourth-order valence-electron chi connectivity index (χ4n) is 0.530. The first-order valence-corrected chi connectivity index (χ1v) is 2.49. The SMILES string of the molecule is CC(C)C1=CC1. The van der Waals surface area contributed by atoms with Gasteiger partial charge in [-0.15, -0.1) is 0 Å². The van der Waals surface area contributed by atoms with Gasteiger partial charge in [-0.3, -0.25) is 0 Å². The van der Waals surface area contributed by atoms with E-state index in [0.717, 1.165) is 5.92 Å². The Bertz CT molecular complexity index is 78.0. The number of rotatable bonds is 1. The van der Waals surface area contributed by atoms with Gasteiger partial charge in [0, 0.05) is 0 Å². The molecule has 0 amide bonds. The molecule has 0 N–H and O–H groups in total. The molecule has 0 saturated heterocycles. The zero-order valence-corrected chi connectivity index (χ0v) is 4.36. The van der Waals surface area contributed by atoms with Gasteiger partial charge in [0.25, 0.3) is 0 Å².